The van der Waals surface area contributed by atoms with E-state index in [4.69, 9.17) is 16.3 Å². The summed E-state index contributed by atoms with van der Waals surface area (Å²) in [5, 5.41) is 9.77. The Morgan fingerprint density at radius 1 is 1.33 bits per heavy atom. The number of nitriles is 1. The maximum atomic E-state index is 13.4. The number of rotatable bonds is 3. The molecule has 0 spiro atoms. The third-order valence-electron chi connectivity index (χ3n) is 4.56. The van der Waals surface area contributed by atoms with Crippen molar-refractivity contribution in [2.45, 2.75) is 43.0 Å². The van der Waals surface area contributed by atoms with Crippen LogP contribution in [0.25, 0.3) is 0 Å². The monoisotopic (exact) mass is 399 g/mol. The van der Waals surface area contributed by atoms with Gasteiger partial charge >= 0.3 is 6.18 Å². The highest BCUT2D eigenvalue weighted by molar-refractivity contribution is 6.33. The highest BCUT2D eigenvalue weighted by Crippen LogP contribution is 2.39. The predicted octanol–water partition coefficient (Wildman–Crippen LogP) is 3.68. The van der Waals surface area contributed by atoms with E-state index >= 15 is 0 Å². The van der Waals surface area contributed by atoms with Crippen LogP contribution >= 0.6 is 11.6 Å². The van der Waals surface area contributed by atoms with Crippen molar-refractivity contribution in [3.8, 4) is 6.07 Å². The van der Waals surface area contributed by atoms with Gasteiger partial charge in [-0.15, -0.1) is 11.6 Å². The maximum absolute atomic E-state index is 13.4. The lowest BCUT2D eigenvalue weighted by molar-refractivity contribution is -0.138. The summed E-state index contributed by atoms with van der Waals surface area (Å²) in [4.78, 5) is 12.3. The molecule has 1 aromatic rings. The van der Waals surface area contributed by atoms with E-state index in [-0.39, 0.29) is 11.1 Å². The van der Waals surface area contributed by atoms with Gasteiger partial charge in [0.15, 0.2) is 0 Å². The van der Waals surface area contributed by atoms with Crippen molar-refractivity contribution in [3.63, 3.8) is 0 Å². The van der Waals surface area contributed by atoms with Crippen molar-refractivity contribution < 1.29 is 22.7 Å². The number of alkyl halides is 4. The van der Waals surface area contributed by atoms with Crippen LogP contribution in [0.15, 0.2) is 36.0 Å². The van der Waals surface area contributed by atoms with E-state index in [0.717, 1.165) is 18.9 Å². The van der Waals surface area contributed by atoms with Crippen LogP contribution in [0, 0.1) is 11.3 Å². The van der Waals surface area contributed by atoms with Crippen LogP contribution in [0.2, 0.25) is 0 Å². The molecule has 9 heteroatoms. The summed E-state index contributed by atoms with van der Waals surface area (Å²) in [7, 11) is 0. The summed E-state index contributed by atoms with van der Waals surface area (Å²) >= 11 is 6.15. The molecule has 0 bridgehead atoms. The number of ether oxygens (including phenoxy) is 1. The normalized spacial score (nSPS) is 24.6. The van der Waals surface area contributed by atoms with E-state index in [0.29, 0.717) is 13.0 Å². The summed E-state index contributed by atoms with van der Waals surface area (Å²) in [6.45, 7) is 0.517. The summed E-state index contributed by atoms with van der Waals surface area (Å²) in [5.41, 5.74) is 1.51. The zero-order valence-electron chi connectivity index (χ0n) is 14.2. The van der Waals surface area contributed by atoms with Crippen molar-refractivity contribution >= 4 is 17.5 Å². The van der Waals surface area contributed by atoms with E-state index < -0.39 is 35.2 Å². The molecule has 0 aromatic heterocycles. The van der Waals surface area contributed by atoms with Gasteiger partial charge in [-0.05, 0) is 36.5 Å². The van der Waals surface area contributed by atoms with Crippen LogP contribution < -0.4 is 5.43 Å². The molecule has 2 aliphatic rings. The maximum Gasteiger partial charge on any atom is 0.416 e. The van der Waals surface area contributed by atoms with E-state index in [1.807, 2.05) is 6.07 Å². The molecule has 1 N–H and O–H groups in total. The van der Waals surface area contributed by atoms with Crippen LogP contribution in [0.4, 0.5) is 13.2 Å². The second kappa shape index (κ2) is 7.79. The first-order valence-corrected chi connectivity index (χ1v) is 8.88. The summed E-state index contributed by atoms with van der Waals surface area (Å²) in [5.74, 6) is -1.92. The second-order valence-electron chi connectivity index (χ2n) is 6.34. The lowest BCUT2D eigenvalue weighted by atomic mass is 9.86. The minimum Gasteiger partial charge on any atom is -0.357 e. The molecular formula is C18H17ClF3N3O2. The molecule has 3 rings (SSSR count). The Morgan fingerprint density at radius 2 is 2.07 bits per heavy atom. The zero-order valence-corrected chi connectivity index (χ0v) is 14.9. The van der Waals surface area contributed by atoms with E-state index in [9.17, 15) is 23.2 Å². The largest absolute Gasteiger partial charge is 0.416 e. The summed E-state index contributed by atoms with van der Waals surface area (Å²) in [6.07, 6.45) is -1.21. The third-order valence-corrected chi connectivity index (χ3v) is 5.01. The average Bonchev–Trinajstić information content (AvgIpc) is 2.66. The number of amides is 1. The van der Waals surface area contributed by atoms with Gasteiger partial charge < -0.3 is 4.74 Å². The molecule has 1 saturated heterocycles. The van der Waals surface area contributed by atoms with Crippen molar-refractivity contribution in [1.29, 1.82) is 5.26 Å². The molecule has 5 nitrogen and oxygen atoms in total. The minimum atomic E-state index is -4.63. The molecule has 0 radical (unpaired) electrons. The molecular weight excluding hydrogens is 383 g/mol. The average molecular weight is 400 g/mol. The number of hydrogen-bond acceptors (Lipinski definition) is 4. The first-order valence-electron chi connectivity index (χ1n) is 8.44. The minimum absolute atomic E-state index is 0.0915. The second-order valence-corrected chi connectivity index (χ2v) is 6.78. The fourth-order valence-electron chi connectivity index (χ4n) is 3.24. The predicted molar refractivity (Wildman–Crippen MR) is 91.1 cm³/mol. The molecule has 2 aliphatic heterocycles. The molecule has 1 amide bonds. The van der Waals surface area contributed by atoms with Gasteiger partial charge in [0, 0.05) is 12.8 Å². The zero-order chi connectivity index (χ0) is 19.6. The lowest BCUT2D eigenvalue weighted by Gasteiger charge is -2.38. The van der Waals surface area contributed by atoms with Crippen molar-refractivity contribution in [1.82, 2.24) is 10.4 Å². The SMILES string of the molecule is N#CC(C1=CN(C2CCCCO2)NC(=O)C1Cl)c1ccccc1C(F)(F)F. The van der Waals surface area contributed by atoms with Gasteiger partial charge in [-0.25, -0.2) is 0 Å². The number of hydrogen-bond donors (Lipinski definition) is 1. The molecule has 0 saturated carbocycles. The van der Waals surface area contributed by atoms with E-state index in [1.54, 1.807) is 0 Å². The van der Waals surface area contributed by atoms with Gasteiger partial charge in [-0.1, -0.05) is 18.2 Å². The Morgan fingerprint density at radius 3 is 2.70 bits per heavy atom. The standard InChI is InChI=1S/C18H17ClF3N3O2/c19-16-13(10-25(24-17(16)26)15-7-3-4-8-27-15)12(9-23)11-5-1-2-6-14(11)18(20,21)22/h1-2,5-6,10,12,15-16H,3-4,7-8H2,(H,24,26). The van der Waals surface area contributed by atoms with Crippen LogP contribution in [0.1, 0.15) is 36.3 Å². The topological polar surface area (TPSA) is 65.4 Å². The molecule has 1 fully saturated rings. The molecule has 3 unspecified atom stereocenters. The Bertz CT molecular complexity index is 785. The third kappa shape index (κ3) is 4.04. The van der Waals surface area contributed by atoms with Crippen LogP contribution in [-0.2, 0) is 15.7 Å². The van der Waals surface area contributed by atoms with Crippen molar-refractivity contribution in [2.24, 2.45) is 0 Å². The Labute approximate surface area is 159 Å². The first kappa shape index (κ1) is 19.5. The number of carbonyl (C=O) groups excluding carboxylic acids is 1. The molecule has 27 heavy (non-hydrogen) atoms. The molecule has 0 aliphatic carbocycles. The molecule has 1 aromatic carbocycles. The van der Waals surface area contributed by atoms with Gasteiger partial charge in [0.25, 0.3) is 5.91 Å². The van der Waals surface area contributed by atoms with Crippen molar-refractivity contribution in [2.75, 3.05) is 6.61 Å². The van der Waals surface area contributed by atoms with Crippen LogP contribution in [-0.4, -0.2) is 29.1 Å². The fraction of sp³-hybridized carbons (Fsp3) is 0.444. The molecule has 3 atom stereocenters. The summed E-state index contributed by atoms with van der Waals surface area (Å²) < 4.78 is 45.8. The van der Waals surface area contributed by atoms with Gasteiger partial charge in [0.1, 0.15) is 11.6 Å². The molecule has 144 valence electrons. The highest BCUT2D eigenvalue weighted by Gasteiger charge is 2.40. The van der Waals surface area contributed by atoms with Crippen LogP contribution in [0.5, 0.6) is 0 Å². The smallest absolute Gasteiger partial charge is 0.357 e. The van der Waals surface area contributed by atoms with E-state index in [1.165, 1.54) is 29.4 Å². The first-order chi connectivity index (χ1) is 12.8. The Hall–Kier alpha value is -2.24. The Kier molecular flexibility index (Phi) is 5.63. The van der Waals surface area contributed by atoms with Gasteiger partial charge in [-0.3, -0.25) is 15.2 Å². The number of hydrazine groups is 1. The summed E-state index contributed by atoms with van der Waals surface area (Å²) in [6, 6.07) is 6.69. The number of benzene rings is 1. The van der Waals surface area contributed by atoms with Gasteiger partial charge in [0.2, 0.25) is 0 Å². The number of nitrogens with zero attached hydrogens (tertiary/aromatic N) is 2. The Balaban J connectivity index is 2.02. The number of nitrogens with one attached hydrogen (secondary N) is 1. The number of carbonyl (C=O) groups is 1. The van der Waals surface area contributed by atoms with Gasteiger partial charge in [0.05, 0.1) is 17.6 Å². The van der Waals surface area contributed by atoms with Gasteiger partial charge in [-0.2, -0.15) is 18.4 Å². The number of halogens is 4. The van der Waals surface area contributed by atoms with Crippen LogP contribution in [0.3, 0.4) is 0 Å². The molecule has 2 heterocycles. The van der Waals surface area contributed by atoms with E-state index in [2.05, 4.69) is 5.43 Å². The quantitative estimate of drug-likeness (QED) is 0.787. The highest BCUT2D eigenvalue weighted by atomic mass is 35.5. The lowest BCUT2D eigenvalue weighted by Crippen LogP contribution is -2.53. The fourth-order valence-corrected chi connectivity index (χ4v) is 3.47. The van der Waals surface area contributed by atoms with Crippen molar-refractivity contribution in [3.05, 3.63) is 47.2 Å².